The fraction of sp³-hybridized carbons (Fsp3) is 0.133. The zero-order valence-electron chi connectivity index (χ0n) is 11.1. The topological polar surface area (TPSA) is 69.4 Å². The molecule has 0 aliphatic heterocycles. The Hall–Kier alpha value is -2.69. The van der Waals surface area contributed by atoms with Crippen molar-refractivity contribution < 1.29 is 14.5 Å². The van der Waals surface area contributed by atoms with Gasteiger partial charge in [0, 0.05) is 6.07 Å². The summed E-state index contributed by atoms with van der Waals surface area (Å²) in [7, 11) is 0. The van der Waals surface area contributed by atoms with Gasteiger partial charge in [-0.15, -0.1) is 0 Å². The second-order valence-corrected chi connectivity index (χ2v) is 4.49. The molecule has 0 bridgehead atoms. The average molecular weight is 271 g/mol. The molecule has 5 nitrogen and oxygen atoms in total. The number of rotatable bonds is 4. The van der Waals surface area contributed by atoms with Crippen LogP contribution >= 0.6 is 0 Å². The number of nitrogens with zero attached hydrogens (tertiary/aromatic N) is 1. The molecule has 0 fully saturated rings. The van der Waals surface area contributed by atoms with E-state index in [9.17, 15) is 14.9 Å². The van der Waals surface area contributed by atoms with Gasteiger partial charge in [-0.2, -0.15) is 0 Å². The van der Waals surface area contributed by atoms with Crippen molar-refractivity contribution in [3.8, 4) is 11.5 Å². The van der Waals surface area contributed by atoms with Gasteiger partial charge in [0.15, 0.2) is 6.29 Å². The Kier molecular flexibility index (Phi) is 3.79. The average Bonchev–Trinajstić information content (AvgIpc) is 2.42. The van der Waals surface area contributed by atoms with Crippen molar-refractivity contribution in [3.63, 3.8) is 0 Å². The Labute approximate surface area is 116 Å². The Bertz CT molecular complexity index is 680. The standard InChI is InChI=1S/C15H13NO4/c1-10-3-5-14(12(7-10)9-17)20-15-6-4-11(2)8-13(15)16(18)19/h3-9H,1-2H3. The molecule has 0 saturated heterocycles. The molecular weight excluding hydrogens is 258 g/mol. The molecule has 2 aromatic rings. The SMILES string of the molecule is Cc1ccc(Oc2ccc(C)cc2[N+](=O)[O-])c(C=O)c1. The van der Waals surface area contributed by atoms with E-state index in [-0.39, 0.29) is 11.4 Å². The lowest BCUT2D eigenvalue weighted by Crippen LogP contribution is -1.96. The van der Waals surface area contributed by atoms with Crippen molar-refractivity contribution in [3.05, 3.63) is 63.2 Å². The van der Waals surface area contributed by atoms with E-state index in [2.05, 4.69) is 0 Å². The van der Waals surface area contributed by atoms with Gasteiger partial charge >= 0.3 is 5.69 Å². The predicted molar refractivity (Wildman–Crippen MR) is 74.5 cm³/mol. The van der Waals surface area contributed by atoms with Crippen LogP contribution < -0.4 is 4.74 Å². The van der Waals surface area contributed by atoms with Crippen LogP contribution in [0.1, 0.15) is 21.5 Å². The molecule has 102 valence electrons. The zero-order valence-corrected chi connectivity index (χ0v) is 11.1. The highest BCUT2D eigenvalue weighted by Crippen LogP contribution is 2.33. The number of hydrogen-bond acceptors (Lipinski definition) is 4. The van der Waals surface area contributed by atoms with Gasteiger partial charge in [0.25, 0.3) is 0 Å². The summed E-state index contributed by atoms with van der Waals surface area (Å²) < 4.78 is 5.53. The van der Waals surface area contributed by atoms with Crippen LogP contribution in [-0.4, -0.2) is 11.2 Å². The molecule has 0 aromatic heterocycles. The largest absolute Gasteiger partial charge is 0.449 e. The van der Waals surface area contributed by atoms with Crippen molar-refractivity contribution in [1.82, 2.24) is 0 Å². The van der Waals surface area contributed by atoms with E-state index in [4.69, 9.17) is 4.74 Å². The number of hydrogen-bond donors (Lipinski definition) is 0. The van der Waals surface area contributed by atoms with E-state index in [0.29, 0.717) is 17.6 Å². The summed E-state index contributed by atoms with van der Waals surface area (Å²) in [4.78, 5) is 21.6. The first-order valence-electron chi connectivity index (χ1n) is 6.00. The number of aryl methyl sites for hydroxylation is 2. The lowest BCUT2D eigenvalue weighted by molar-refractivity contribution is -0.385. The molecule has 0 aliphatic carbocycles. The monoisotopic (exact) mass is 271 g/mol. The normalized spacial score (nSPS) is 10.1. The highest BCUT2D eigenvalue weighted by Gasteiger charge is 2.17. The predicted octanol–water partition coefficient (Wildman–Crippen LogP) is 3.82. The van der Waals surface area contributed by atoms with Gasteiger partial charge in [-0.25, -0.2) is 0 Å². The highest BCUT2D eigenvalue weighted by atomic mass is 16.6. The number of ether oxygens (including phenoxy) is 1. The molecule has 5 heteroatoms. The minimum Gasteiger partial charge on any atom is -0.449 e. The quantitative estimate of drug-likeness (QED) is 0.481. The highest BCUT2D eigenvalue weighted by molar-refractivity contribution is 5.80. The van der Waals surface area contributed by atoms with E-state index in [1.54, 1.807) is 31.2 Å². The molecule has 0 atom stereocenters. The van der Waals surface area contributed by atoms with E-state index in [1.165, 1.54) is 12.1 Å². The molecule has 20 heavy (non-hydrogen) atoms. The van der Waals surface area contributed by atoms with Gasteiger partial charge in [-0.1, -0.05) is 17.7 Å². The molecule has 0 radical (unpaired) electrons. The molecule has 0 amide bonds. The van der Waals surface area contributed by atoms with E-state index < -0.39 is 4.92 Å². The molecule has 0 saturated carbocycles. The summed E-state index contributed by atoms with van der Waals surface area (Å²) in [5.74, 6) is 0.421. The first-order chi connectivity index (χ1) is 9.51. The van der Waals surface area contributed by atoms with Crippen LogP contribution in [0.25, 0.3) is 0 Å². The Morgan fingerprint density at radius 1 is 1.05 bits per heavy atom. The number of benzene rings is 2. The smallest absolute Gasteiger partial charge is 0.311 e. The van der Waals surface area contributed by atoms with Gasteiger partial charge < -0.3 is 4.74 Å². The van der Waals surface area contributed by atoms with Gasteiger partial charge in [-0.05, 0) is 37.6 Å². The van der Waals surface area contributed by atoms with Crippen LogP contribution in [0.15, 0.2) is 36.4 Å². The van der Waals surface area contributed by atoms with Crippen LogP contribution in [0.2, 0.25) is 0 Å². The number of carbonyl (C=O) groups excluding carboxylic acids is 1. The summed E-state index contributed by atoms with van der Waals surface area (Å²) in [6, 6.07) is 9.76. The lowest BCUT2D eigenvalue weighted by atomic mass is 10.1. The Balaban J connectivity index is 2.45. The van der Waals surface area contributed by atoms with Gasteiger partial charge in [0.2, 0.25) is 5.75 Å². The Morgan fingerprint density at radius 3 is 2.25 bits per heavy atom. The van der Waals surface area contributed by atoms with Crippen LogP contribution in [0.3, 0.4) is 0 Å². The van der Waals surface area contributed by atoms with Crippen LogP contribution in [0, 0.1) is 24.0 Å². The third kappa shape index (κ3) is 2.83. The first-order valence-corrected chi connectivity index (χ1v) is 6.00. The minimum atomic E-state index is -0.503. The lowest BCUT2D eigenvalue weighted by Gasteiger charge is -2.09. The number of nitro groups is 1. The Morgan fingerprint density at radius 2 is 1.65 bits per heavy atom. The molecule has 0 N–H and O–H groups in total. The van der Waals surface area contributed by atoms with Crippen molar-refractivity contribution in [2.75, 3.05) is 0 Å². The van der Waals surface area contributed by atoms with Gasteiger partial charge in [0.1, 0.15) is 5.75 Å². The van der Waals surface area contributed by atoms with Crippen molar-refractivity contribution in [2.24, 2.45) is 0 Å². The fourth-order valence-electron chi connectivity index (χ4n) is 1.83. The molecular formula is C15H13NO4. The fourth-order valence-corrected chi connectivity index (χ4v) is 1.83. The second kappa shape index (κ2) is 5.52. The van der Waals surface area contributed by atoms with Crippen molar-refractivity contribution in [1.29, 1.82) is 0 Å². The maximum absolute atomic E-state index is 11.0. The summed E-state index contributed by atoms with van der Waals surface area (Å²) in [5, 5.41) is 11.0. The van der Waals surface area contributed by atoms with E-state index in [0.717, 1.165) is 11.1 Å². The maximum Gasteiger partial charge on any atom is 0.311 e. The maximum atomic E-state index is 11.0. The summed E-state index contributed by atoms with van der Waals surface area (Å²) in [5.41, 5.74) is 1.92. The molecule has 0 unspecified atom stereocenters. The van der Waals surface area contributed by atoms with Crippen LogP contribution in [-0.2, 0) is 0 Å². The molecule has 0 heterocycles. The van der Waals surface area contributed by atoms with Gasteiger partial charge in [-0.3, -0.25) is 14.9 Å². The number of nitro benzene ring substituents is 1. The second-order valence-electron chi connectivity index (χ2n) is 4.49. The third-order valence-electron chi connectivity index (χ3n) is 2.82. The molecule has 2 rings (SSSR count). The van der Waals surface area contributed by atoms with E-state index in [1.807, 2.05) is 6.92 Å². The van der Waals surface area contributed by atoms with Crippen molar-refractivity contribution >= 4 is 12.0 Å². The van der Waals surface area contributed by atoms with Crippen LogP contribution in [0.5, 0.6) is 11.5 Å². The van der Waals surface area contributed by atoms with E-state index >= 15 is 0 Å². The zero-order chi connectivity index (χ0) is 14.7. The molecule has 0 aliphatic rings. The molecule has 2 aromatic carbocycles. The summed E-state index contributed by atoms with van der Waals surface area (Å²) in [6.07, 6.45) is 0.669. The molecule has 0 spiro atoms. The number of carbonyl (C=O) groups is 1. The van der Waals surface area contributed by atoms with Gasteiger partial charge in [0.05, 0.1) is 10.5 Å². The third-order valence-corrected chi connectivity index (χ3v) is 2.82. The first kappa shape index (κ1) is 13.7. The van der Waals surface area contributed by atoms with Crippen LogP contribution in [0.4, 0.5) is 5.69 Å². The minimum absolute atomic E-state index is 0.118. The summed E-state index contributed by atoms with van der Waals surface area (Å²) >= 11 is 0. The summed E-state index contributed by atoms with van der Waals surface area (Å²) in [6.45, 7) is 3.62. The number of aldehydes is 1. The van der Waals surface area contributed by atoms with Crippen molar-refractivity contribution in [2.45, 2.75) is 13.8 Å².